The van der Waals surface area contributed by atoms with Crippen molar-refractivity contribution in [2.45, 2.75) is 7.77 Å². The Morgan fingerprint density at radius 2 is 1.88 bits per heavy atom. The third-order valence-corrected chi connectivity index (χ3v) is 8.64. The minimum absolute atomic E-state index is 0.502. The molecule has 0 saturated heterocycles. The first-order valence-electron chi connectivity index (χ1n) is 4.59. The number of halogens is 2. The van der Waals surface area contributed by atoms with Crippen molar-refractivity contribution in [3.63, 3.8) is 0 Å². The van der Waals surface area contributed by atoms with Gasteiger partial charge in [0.15, 0.2) is 9.84 Å². The van der Waals surface area contributed by atoms with E-state index < -0.39 is 17.6 Å². The van der Waals surface area contributed by atoms with Crippen LogP contribution in [0.25, 0.3) is 0 Å². The molecule has 1 aromatic carbocycles. The molecule has 0 saturated carbocycles. The summed E-state index contributed by atoms with van der Waals surface area (Å²) in [7, 11) is -1.91. The molecular weight excluding hydrogens is 423 g/mol. The number of alkyl halides is 2. The molecule has 0 aliphatic rings. The van der Waals surface area contributed by atoms with Crippen LogP contribution in [0.2, 0.25) is 0 Å². The van der Waals surface area contributed by atoms with Crippen molar-refractivity contribution in [1.82, 2.24) is 0 Å². The molecule has 0 bridgehead atoms. The van der Waals surface area contributed by atoms with Gasteiger partial charge in [0.05, 0.1) is 7.11 Å². The van der Waals surface area contributed by atoms with E-state index in [1.54, 1.807) is 46.9 Å². The summed E-state index contributed by atoms with van der Waals surface area (Å²) >= 11 is 4.74. The fraction of sp³-hybridized carbons (Fsp3) is 0.400. The highest BCUT2D eigenvalue weighted by Crippen LogP contribution is 2.44. The Balaban J connectivity index is 3.08. The summed E-state index contributed by atoms with van der Waals surface area (Å²) in [6.45, 7) is 0. The van der Waals surface area contributed by atoms with Crippen molar-refractivity contribution in [1.29, 1.82) is 0 Å². The second-order valence-electron chi connectivity index (χ2n) is 3.51. The van der Waals surface area contributed by atoms with E-state index in [0.29, 0.717) is 11.3 Å². The van der Waals surface area contributed by atoms with Crippen molar-refractivity contribution in [3.05, 3.63) is 29.8 Å². The van der Waals surface area contributed by atoms with E-state index in [4.69, 9.17) is 4.74 Å². The summed E-state index contributed by atoms with van der Waals surface area (Å²) in [6.07, 6.45) is -0.0926. The Hall–Kier alpha value is 0.140. The monoisotopic (exact) mass is 434 g/mol. The van der Waals surface area contributed by atoms with Crippen LogP contribution < -0.4 is 4.74 Å². The van der Waals surface area contributed by atoms with Gasteiger partial charge in [-0.15, -0.1) is 0 Å². The first kappa shape index (κ1) is 15.2. The maximum atomic E-state index is 11.6. The molecule has 17 heavy (non-hydrogen) atoms. The molecule has 0 aliphatic carbocycles. The van der Waals surface area contributed by atoms with E-state index in [1.807, 2.05) is 0 Å². The van der Waals surface area contributed by atoms with Crippen LogP contribution in [-0.2, 0) is 9.84 Å². The number of aliphatic hydroxyl groups excluding tert-OH is 1. The molecule has 1 aromatic rings. The zero-order valence-corrected chi connectivity index (χ0v) is 13.8. The number of rotatable bonds is 4. The van der Waals surface area contributed by atoms with Crippen LogP contribution in [0.3, 0.4) is 0 Å². The van der Waals surface area contributed by atoms with Crippen LogP contribution in [0.1, 0.15) is 11.7 Å². The van der Waals surface area contributed by atoms with Gasteiger partial charge in [-0.3, -0.25) is 0 Å². The highest BCUT2D eigenvalue weighted by Gasteiger charge is 2.43. The SMILES string of the molecule is COc1ccc([C@@H](O)[C@](Br)(I)S(C)(=O)=O)cc1. The number of hydrogen-bond donors (Lipinski definition) is 1. The van der Waals surface area contributed by atoms with Crippen molar-refractivity contribution in [2.24, 2.45) is 0 Å². The molecule has 1 N–H and O–H groups in total. The maximum Gasteiger partial charge on any atom is 0.206 e. The first-order valence-corrected chi connectivity index (χ1v) is 8.36. The van der Waals surface area contributed by atoms with Crippen LogP contribution >= 0.6 is 38.5 Å². The van der Waals surface area contributed by atoms with E-state index in [0.717, 1.165) is 6.26 Å². The zero-order valence-electron chi connectivity index (χ0n) is 9.22. The molecule has 0 fully saturated rings. The van der Waals surface area contributed by atoms with Gasteiger partial charge in [-0.05, 0) is 40.3 Å². The molecule has 0 radical (unpaired) electrons. The maximum absolute atomic E-state index is 11.6. The smallest absolute Gasteiger partial charge is 0.206 e. The van der Waals surface area contributed by atoms with Crippen molar-refractivity contribution < 1.29 is 18.3 Å². The van der Waals surface area contributed by atoms with Gasteiger partial charge in [0.1, 0.15) is 11.9 Å². The molecule has 0 amide bonds. The van der Waals surface area contributed by atoms with Gasteiger partial charge in [0, 0.05) is 6.26 Å². The van der Waals surface area contributed by atoms with E-state index in [2.05, 4.69) is 15.9 Å². The van der Waals surface area contributed by atoms with Crippen LogP contribution in [-0.4, -0.2) is 28.6 Å². The number of methoxy groups -OCH3 is 1. The molecule has 1 rings (SSSR count). The molecule has 96 valence electrons. The van der Waals surface area contributed by atoms with Crippen molar-refractivity contribution in [2.75, 3.05) is 13.4 Å². The van der Waals surface area contributed by atoms with E-state index in [1.165, 1.54) is 7.11 Å². The molecule has 7 heteroatoms. The lowest BCUT2D eigenvalue weighted by Gasteiger charge is -2.25. The average Bonchev–Trinajstić information content (AvgIpc) is 2.26. The summed E-state index contributed by atoms with van der Waals surface area (Å²) in [4.78, 5) is 0. The first-order chi connectivity index (χ1) is 7.70. The predicted molar refractivity (Wildman–Crippen MR) is 78.5 cm³/mol. The van der Waals surface area contributed by atoms with Gasteiger partial charge >= 0.3 is 0 Å². The molecule has 2 atom stereocenters. The summed E-state index contributed by atoms with van der Waals surface area (Å²) in [6, 6.07) is 6.59. The Labute approximate surface area is 123 Å². The number of aliphatic hydroxyl groups is 1. The van der Waals surface area contributed by atoms with Gasteiger partial charge in [-0.2, -0.15) is 0 Å². The van der Waals surface area contributed by atoms with Crippen molar-refractivity contribution >= 4 is 48.4 Å². The predicted octanol–water partition coefficient (Wildman–Crippen LogP) is 2.26. The molecule has 0 unspecified atom stereocenters. The van der Waals surface area contributed by atoms with Crippen LogP contribution in [0.15, 0.2) is 24.3 Å². The van der Waals surface area contributed by atoms with Gasteiger partial charge in [0.2, 0.25) is 1.66 Å². The summed E-state index contributed by atoms with van der Waals surface area (Å²) in [5.41, 5.74) is 0.502. The number of ether oxygens (including phenoxy) is 1. The van der Waals surface area contributed by atoms with E-state index in [-0.39, 0.29) is 0 Å². The summed E-state index contributed by atoms with van der Waals surface area (Å²) in [5, 5.41) is 10.1. The Morgan fingerprint density at radius 1 is 1.41 bits per heavy atom. The van der Waals surface area contributed by atoms with Crippen LogP contribution in [0, 0.1) is 0 Å². The second-order valence-corrected chi connectivity index (χ2v) is 11.4. The fourth-order valence-corrected chi connectivity index (χ4v) is 2.35. The van der Waals surface area contributed by atoms with E-state index in [9.17, 15) is 13.5 Å². The van der Waals surface area contributed by atoms with E-state index >= 15 is 0 Å². The highest BCUT2D eigenvalue weighted by atomic mass is 127. The highest BCUT2D eigenvalue weighted by molar-refractivity contribution is 14.1. The Morgan fingerprint density at radius 3 is 2.24 bits per heavy atom. The molecular formula is C10H12BrIO4S. The van der Waals surface area contributed by atoms with Crippen molar-refractivity contribution in [3.8, 4) is 5.75 Å². The molecule has 4 nitrogen and oxygen atoms in total. The van der Waals surface area contributed by atoms with Gasteiger partial charge < -0.3 is 9.84 Å². The normalized spacial score (nSPS) is 17.2. The summed E-state index contributed by atoms with van der Waals surface area (Å²) in [5.74, 6) is 0.647. The molecule has 0 aliphatic heterocycles. The summed E-state index contributed by atoms with van der Waals surface area (Å²) < 4.78 is 26.7. The van der Waals surface area contributed by atoms with Gasteiger partial charge in [-0.1, -0.05) is 28.1 Å². The molecule has 0 heterocycles. The lowest BCUT2D eigenvalue weighted by Crippen LogP contribution is -2.31. The lowest BCUT2D eigenvalue weighted by atomic mass is 10.1. The van der Waals surface area contributed by atoms with Gasteiger partial charge in [-0.25, -0.2) is 8.42 Å². The van der Waals surface area contributed by atoms with Crippen LogP contribution in [0.4, 0.5) is 0 Å². The van der Waals surface area contributed by atoms with Gasteiger partial charge in [0.25, 0.3) is 0 Å². The number of benzene rings is 1. The largest absolute Gasteiger partial charge is 0.497 e. The average molecular weight is 435 g/mol. The fourth-order valence-electron chi connectivity index (χ4n) is 1.18. The standard InChI is InChI=1S/C10H12BrIO4S/c1-16-8-5-3-7(4-6-8)9(13)10(11,12)17(2,14)15/h3-6,9,13H,1-2H3/t9-,10+/m1/s1. The third kappa shape index (κ3) is 3.33. The second kappa shape index (κ2) is 5.41. The number of hydrogen-bond acceptors (Lipinski definition) is 4. The topological polar surface area (TPSA) is 63.6 Å². The Bertz CT molecular complexity index is 484. The molecule has 0 aromatic heterocycles. The van der Waals surface area contributed by atoms with Crippen LogP contribution in [0.5, 0.6) is 5.75 Å². The Kier molecular flexibility index (Phi) is 4.84. The lowest BCUT2D eigenvalue weighted by molar-refractivity contribution is 0.191. The minimum atomic E-state index is -3.44. The minimum Gasteiger partial charge on any atom is -0.497 e. The quantitative estimate of drug-likeness (QED) is 0.583. The zero-order chi connectivity index (χ0) is 13.3. The third-order valence-electron chi connectivity index (χ3n) is 2.24. The molecule has 0 spiro atoms. The number of sulfone groups is 1.